The minimum atomic E-state index is -0.457. The van der Waals surface area contributed by atoms with Crippen molar-refractivity contribution in [3.8, 4) is 0 Å². The van der Waals surface area contributed by atoms with Gasteiger partial charge in [0.1, 0.15) is 0 Å². The molecule has 1 heterocycles. The molecule has 0 aromatic carbocycles. The fourth-order valence-corrected chi connectivity index (χ4v) is 2.90. The Labute approximate surface area is 127 Å². The summed E-state index contributed by atoms with van der Waals surface area (Å²) in [7, 11) is 0. The third kappa shape index (κ3) is 5.73. The first-order valence-electron chi connectivity index (χ1n) is 8.08. The summed E-state index contributed by atoms with van der Waals surface area (Å²) in [6.07, 6.45) is 8.32. The summed E-state index contributed by atoms with van der Waals surface area (Å²) in [6.45, 7) is 5.32. The molecule has 1 saturated carbocycles. The van der Waals surface area contributed by atoms with Gasteiger partial charge in [-0.15, -0.1) is 0 Å². The van der Waals surface area contributed by atoms with Crippen LogP contribution in [0.2, 0.25) is 0 Å². The highest BCUT2D eigenvalue weighted by molar-refractivity contribution is 5.12. The van der Waals surface area contributed by atoms with Gasteiger partial charge >= 0.3 is 0 Å². The van der Waals surface area contributed by atoms with Crippen LogP contribution in [0, 0.1) is 5.92 Å². The van der Waals surface area contributed by atoms with E-state index in [-0.39, 0.29) is 6.04 Å². The zero-order chi connectivity index (χ0) is 15.1. The van der Waals surface area contributed by atoms with Gasteiger partial charge in [0.15, 0.2) is 0 Å². The Morgan fingerprint density at radius 1 is 1.48 bits per heavy atom. The van der Waals surface area contributed by atoms with Gasteiger partial charge in [0, 0.05) is 25.0 Å². The molecule has 1 aromatic heterocycles. The minimum absolute atomic E-state index is 0.183. The number of rotatable bonds is 7. The summed E-state index contributed by atoms with van der Waals surface area (Å²) in [5, 5.41) is 13.4. The topological polar surface area (TPSA) is 54.4 Å². The number of nitrogens with zero attached hydrogens (tertiary/aromatic N) is 1. The van der Waals surface area contributed by atoms with E-state index < -0.39 is 6.10 Å². The lowest BCUT2D eigenvalue weighted by atomic mass is 9.89. The zero-order valence-electron chi connectivity index (χ0n) is 13.2. The molecule has 0 saturated heterocycles. The molecule has 0 radical (unpaired) electrons. The molecule has 0 amide bonds. The summed E-state index contributed by atoms with van der Waals surface area (Å²) < 4.78 is 5.85. The van der Waals surface area contributed by atoms with Crippen molar-refractivity contribution in [1.29, 1.82) is 0 Å². The van der Waals surface area contributed by atoms with Gasteiger partial charge in [0.05, 0.1) is 18.8 Å². The van der Waals surface area contributed by atoms with Crippen molar-refractivity contribution in [2.75, 3.05) is 13.2 Å². The molecule has 118 valence electrons. The lowest BCUT2D eigenvalue weighted by Crippen LogP contribution is -2.34. The summed E-state index contributed by atoms with van der Waals surface area (Å²) in [4.78, 5) is 4.11. The molecule has 1 aromatic rings. The molecule has 0 bridgehead atoms. The molecule has 4 nitrogen and oxygen atoms in total. The molecule has 1 aliphatic rings. The van der Waals surface area contributed by atoms with Crippen LogP contribution in [0.15, 0.2) is 24.5 Å². The highest BCUT2D eigenvalue weighted by Gasteiger charge is 2.20. The maximum Gasteiger partial charge on any atom is 0.0898 e. The Bertz CT molecular complexity index is 399. The molecule has 4 atom stereocenters. The second-order valence-electron chi connectivity index (χ2n) is 6.30. The van der Waals surface area contributed by atoms with Crippen molar-refractivity contribution in [1.82, 2.24) is 10.3 Å². The number of pyridine rings is 1. The van der Waals surface area contributed by atoms with E-state index in [0.29, 0.717) is 19.3 Å². The second-order valence-corrected chi connectivity index (χ2v) is 6.30. The first-order valence-corrected chi connectivity index (χ1v) is 8.08. The molecule has 2 N–H and O–H groups in total. The van der Waals surface area contributed by atoms with Crippen molar-refractivity contribution in [2.45, 2.75) is 57.8 Å². The van der Waals surface area contributed by atoms with Crippen molar-refractivity contribution in [3.05, 3.63) is 30.1 Å². The lowest BCUT2D eigenvalue weighted by Gasteiger charge is -2.28. The number of aliphatic hydroxyl groups is 1. The van der Waals surface area contributed by atoms with Gasteiger partial charge in [-0.3, -0.25) is 4.98 Å². The Hall–Kier alpha value is -0.970. The summed E-state index contributed by atoms with van der Waals surface area (Å²) in [5.41, 5.74) is 1.13. The Morgan fingerprint density at radius 3 is 3.05 bits per heavy atom. The highest BCUT2D eigenvalue weighted by atomic mass is 16.5. The second kappa shape index (κ2) is 8.47. The Morgan fingerprint density at radius 2 is 2.33 bits per heavy atom. The average molecular weight is 292 g/mol. The van der Waals surface area contributed by atoms with Crippen molar-refractivity contribution < 1.29 is 9.84 Å². The van der Waals surface area contributed by atoms with Crippen LogP contribution in [-0.2, 0) is 4.74 Å². The van der Waals surface area contributed by atoms with Crippen molar-refractivity contribution >= 4 is 0 Å². The first-order chi connectivity index (χ1) is 10.1. The molecule has 21 heavy (non-hydrogen) atoms. The van der Waals surface area contributed by atoms with E-state index in [1.165, 1.54) is 12.8 Å². The highest BCUT2D eigenvalue weighted by Crippen LogP contribution is 2.25. The molecule has 0 spiro atoms. The smallest absolute Gasteiger partial charge is 0.0898 e. The summed E-state index contributed by atoms with van der Waals surface area (Å²) in [5.74, 6) is 0.754. The molecule has 3 unspecified atom stereocenters. The summed E-state index contributed by atoms with van der Waals surface area (Å²) >= 11 is 0. The van der Waals surface area contributed by atoms with Gasteiger partial charge in [0.2, 0.25) is 0 Å². The van der Waals surface area contributed by atoms with Gasteiger partial charge in [-0.2, -0.15) is 0 Å². The van der Waals surface area contributed by atoms with Crippen molar-refractivity contribution in [2.24, 2.45) is 5.92 Å². The van der Waals surface area contributed by atoms with Gasteiger partial charge in [-0.05, 0) is 37.3 Å². The van der Waals surface area contributed by atoms with Gasteiger partial charge in [0.25, 0.3) is 0 Å². The molecule has 2 rings (SSSR count). The van der Waals surface area contributed by atoms with E-state index in [0.717, 1.165) is 24.3 Å². The van der Waals surface area contributed by atoms with Crippen LogP contribution in [0.1, 0.15) is 51.1 Å². The van der Waals surface area contributed by atoms with E-state index >= 15 is 0 Å². The zero-order valence-corrected chi connectivity index (χ0v) is 13.2. The molecule has 1 aliphatic carbocycles. The quantitative estimate of drug-likeness (QED) is 0.811. The average Bonchev–Trinajstić information content (AvgIpc) is 2.51. The van der Waals surface area contributed by atoms with Crippen LogP contribution in [0.5, 0.6) is 0 Å². The monoisotopic (exact) mass is 292 g/mol. The number of nitrogens with one attached hydrogen (secondary N) is 1. The predicted octanol–water partition coefficient (Wildman–Crippen LogP) is 2.69. The number of hydrogen-bond acceptors (Lipinski definition) is 4. The van der Waals surface area contributed by atoms with E-state index in [4.69, 9.17) is 4.74 Å². The molecular weight excluding hydrogens is 264 g/mol. The van der Waals surface area contributed by atoms with E-state index in [9.17, 15) is 5.11 Å². The van der Waals surface area contributed by atoms with Crippen LogP contribution in [0.25, 0.3) is 0 Å². The Kier molecular flexibility index (Phi) is 6.61. The molecule has 0 aliphatic heterocycles. The first kappa shape index (κ1) is 16.4. The van der Waals surface area contributed by atoms with Gasteiger partial charge in [-0.1, -0.05) is 25.8 Å². The van der Waals surface area contributed by atoms with Crippen LogP contribution in [0.3, 0.4) is 0 Å². The molecule has 4 heteroatoms. The number of ether oxygens (including phenoxy) is 1. The maximum absolute atomic E-state index is 10.0. The lowest BCUT2D eigenvalue weighted by molar-refractivity contribution is -0.0310. The maximum atomic E-state index is 10.0. The predicted molar refractivity (Wildman–Crippen MR) is 84.0 cm³/mol. The normalized spacial score (nSPS) is 25.5. The Balaban J connectivity index is 1.64. The summed E-state index contributed by atoms with van der Waals surface area (Å²) in [6, 6.07) is 4.15. The standard InChI is InChI=1S/C17H28N2O2/c1-13-5-3-7-17(9-13)21-12-16(20)11-19-14(2)15-6-4-8-18-10-15/h4,6,8,10,13-14,16-17,19-20H,3,5,7,9,11-12H2,1-2H3/t13?,14-,16?,17?/m0/s1. The van der Waals surface area contributed by atoms with Gasteiger partial charge < -0.3 is 15.2 Å². The van der Waals surface area contributed by atoms with Gasteiger partial charge in [-0.25, -0.2) is 0 Å². The van der Waals surface area contributed by atoms with Crippen LogP contribution in [0.4, 0.5) is 0 Å². The third-order valence-corrected chi connectivity index (χ3v) is 4.26. The molecule has 1 fully saturated rings. The van der Waals surface area contributed by atoms with Crippen LogP contribution >= 0.6 is 0 Å². The third-order valence-electron chi connectivity index (χ3n) is 4.26. The van der Waals surface area contributed by atoms with E-state index in [1.807, 2.05) is 18.3 Å². The van der Waals surface area contributed by atoms with E-state index in [2.05, 4.69) is 24.1 Å². The molecular formula is C17H28N2O2. The van der Waals surface area contributed by atoms with Crippen molar-refractivity contribution in [3.63, 3.8) is 0 Å². The number of aliphatic hydroxyl groups excluding tert-OH is 1. The number of hydrogen-bond donors (Lipinski definition) is 2. The fourth-order valence-electron chi connectivity index (χ4n) is 2.90. The van der Waals surface area contributed by atoms with Crippen LogP contribution in [-0.4, -0.2) is 35.5 Å². The fraction of sp³-hybridized carbons (Fsp3) is 0.706. The number of aromatic nitrogens is 1. The minimum Gasteiger partial charge on any atom is -0.389 e. The van der Waals surface area contributed by atoms with Crippen LogP contribution < -0.4 is 5.32 Å². The van der Waals surface area contributed by atoms with E-state index in [1.54, 1.807) is 6.20 Å². The largest absolute Gasteiger partial charge is 0.389 e. The SMILES string of the molecule is CC1CCCC(OCC(O)CN[C@@H](C)c2cccnc2)C1.